The maximum Gasteiger partial charge on any atom is 0.264 e. The van der Waals surface area contributed by atoms with Crippen molar-refractivity contribution in [3.8, 4) is 5.75 Å². The molecule has 0 saturated heterocycles. The number of thiocarbonyl (C=S) groups is 1. The second-order valence-corrected chi connectivity index (χ2v) is 9.64. The van der Waals surface area contributed by atoms with Crippen LogP contribution >= 0.6 is 12.2 Å². The van der Waals surface area contributed by atoms with Crippen LogP contribution < -0.4 is 20.1 Å². The van der Waals surface area contributed by atoms with E-state index < -0.39 is 15.9 Å². The highest BCUT2D eigenvalue weighted by atomic mass is 32.2. The molecule has 0 atom stereocenters. The minimum atomic E-state index is -3.75. The number of sulfonamides is 1. The van der Waals surface area contributed by atoms with E-state index in [1.807, 2.05) is 45.0 Å². The number of benzene rings is 3. The summed E-state index contributed by atoms with van der Waals surface area (Å²) in [4.78, 5) is 12.1. The van der Waals surface area contributed by atoms with Crippen LogP contribution in [0.3, 0.4) is 0 Å². The van der Waals surface area contributed by atoms with Gasteiger partial charge in [0.25, 0.3) is 15.9 Å². The van der Waals surface area contributed by atoms with E-state index in [0.29, 0.717) is 17.1 Å². The van der Waals surface area contributed by atoms with Crippen LogP contribution in [0.4, 0.5) is 11.4 Å². The lowest BCUT2D eigenvalue weighted by atomic mass is 10.1. The molecule has 0 aliphatic carbocycles. The molecule has 172 valence electrons. The van der Waals surface area contributed by atoms with E-state index in [9.17, 15) is 13.2 Å². The van der Waals surface area contributed by atoms with E-state index in [0.717, 1.165) is 16.7 Å². The third-order valence-corrected chi connectivity index (χ3v) is 6.28. The quantitative estimate of drug-likeness (QED) is 0.434. The van der Waals surface area contributed by atoms with Crippen molar-refractivity contribution >= 4 is 44.6 Å². The number of rotatable bonds is 7. The smallest absolute Gasteiger partial charge is 0.264 e. The molecule has 3 aromatic carbocycles. The summed E-state index contributed by atoms with van der Waals surface area (Å²) in [6, 6.07) is 18.9. The van der Waals surface area contributed by atoms with Gasteiger partial charge in [-0.1, -0.05) is 35.4 Å². The summed E-state index contributed by atoms with van der Waals surface area (Å²) >= 11 is 5.15. The van der Waals surface area contributed by atoms with Crippen molar-refractivity contribution in [3.63, 3.8) is 0 Å². The third kappa shape index (κ3) is 7.03. The van der Waals surface area contributed by atoms with Crippen LogP contribution in [0.1, 0.15) is 16.7 Å². The Morgan fingerprint density at radius 2 is 1.55 bits per heavy atom. The van der Waals surface area contributed by atoms with Gasteiger partial charge in [0.2, 0.25) is 0 Å². The van der Waals surface area contributed by atoms with Crippen LogP contribution in [0.2, 0.25) is 0 Å². The van der Waals surface area contributed by atoms with Crippen molar-refractivity contribution in [2.24, 2.45) is 0 Å². The molecule has 0 saturated carbocycles. The van der Waals surface area contributed by atoms with Crippen LogP contribution in [0.5, 0.6) is 5.75 Å². The fraction of sp³-hybridized carbons (Fsp3) is 0.167. The number of ether oxygens (including phenoxy) is 1. The number of aryl methyl sites for hydroxylation is 3. The molecule has 0 bridgehead atoms. The fourth-order valence-electron chi connectivity index (χ4n) is 2.96. The average molecular weight is 484 g/mol. The maximum atomic E-state index is 12.7. The number of hydrogen-bond acceptors (Lipinski definition) is 5. The van der Waals surface area contributed by atoms with Gasteiger partial charge in [-0.05, 0) is 81.0 Å². The Balaban J connectivity index is 1.54. The van der Waals surface area contributed by atoms with Gasteiger partial charge >= 0.3 is 0 Å². The van der Waals surface area contributed by atoms with E-state index in [2.05, 4.69) is 15.4 Å². The highest BCUT2D eigenvalue weighted by Crippen LogP contribution is 2.22. The Kier molecular flexibility index (Phi) is 7.67. The summed E-state index contributed by atoms with van der Waals surface area (Å²) in [6.45, 7) is 5.57. The summed E-state index contributed by atoms with van der Waals surface area (Å²) < 4.78 is 33.4. The fourth-order valence-corrected chi connectivity index (χ4v) is 4.32. The van der Waals surface area contributed by atoms with Gasteiger partial charge in [0.05, 0.1) is 10.6 Å². The molecule has 0 heterocycles. The molecule has 33 heavy (non-hydrogen) atoms. The highest BCUT2D eigenvalue weighted by molar-refractivity contribution is 7.92. The van der Waals surface area contributed by atoms with Gasteiger partial charge in [-0.15, -0.1) is 0 Å². The van der Waals surface area contributed by atoms with Crippen molar-refractivity contribution in [1.82, 2.24) is 5.32 Å². The molecule has 1 amide bonds. The Morgan fingerprint density at radius 1 is 0.909 bits per heavy atom. The lowest BCUT2D eigenvalue weighted by molar-refractivity contribution is -0.121. The molecule has 0 aliphatic heterocycles. The van der Waals surface area contributed by atoms with Gasteiger partial charge in [0.15, 0.2) is 11.7 Å². The minimum Gasteiger partial charge on any atom is -0.484 e. The standard InChI is InChI=1S/C24H25N3O4S2/c1-16-4-9-20(10-5-16)31-15-23(28)26-24(32)25-19-7-11-21(12-8-19)33(29,30)27-22-13-6-17(2)14-18(22)3/h4-14,27H,15H2,1-3H3,(H2,25,26,28,32). The van der Waals surface area contributed by atoms with Crippen molar-refractivity contribution in [3.05, 3.63) is 83.4 Å². The van der Waals surface area contributed by atoms with E-state index >= 15 is 0 Å². The van der Waals surface area contributed by atoms with E-state index in [1.54, 1.807) is 30.3 Å². The van der Waals surface area contributed by atoms with Gasteiger partial charge in [-0.25, -0.2) is 8.42 Å². The normalized spacial score (nSPS) is 10.9. The van der Waals surface area contributed by atoms with Gasteiger partial charge in [-0.2, -0.15) is 0 Å². The zero-order valence-electron chi connectivity index (χ0n) is 18.5. The van der Waals surface area contributed by atoms with E-state index in [4.69, 9.17) is 17.0 Å². The van der Waals surface area contributed by atoms with Crippen molar-refractivity contribution < 1.29 is 17.9 Å². The number of nitrogens with one attached hydrogen (secondary N) is 3. The largest absolute Gasteiger partial charge is 0.484 e. The lowest BCUT2D eigenvalue weighted by Crippen LogP contribution is -2.37. The van der Waals surface area contributed by atoms with Crippen LogP contribution in [0, 0.1) is 20.8 Å². The summed E-state index contributed by atoms with van der Waals surface area (Å²) in [7, 11) is -3.75. The summed E-state index contributed by atoms with van der Waals surface area (Å²) in [5, 5.41) is 5.46. The van der Waals surface area contributed by atoms with Crippen molar-refractivity contribution in [2.45, 2.75) is 25.7 Å². The number of amides is 1. The molecule has 0 aliphatic rings. The molecule has 0 aromatic heterocycles. The number of anilines is 2. The molecular formula is C24H25N3O4S2. The molecule has 9 heteroatoms. The molecular weight excluding hydrogens is 458 g/mol. The molecule has 0 spiro atoms. The zero-order valence-corrected chi connectivity index (χ0v) is 20.1. The second-order valence-electron chi connectivity index (χ2n) is 7.55. The van der Waals surface area contributed by atoms with Crippen molar-refractivity contribution in [1.29, 1.82) is 0 Å². The average Bonchev–Trinajstić information content (AvgIpc) is 2.75. The molecule has 3 aromatic rings. The topological polar surface area (TPSA) is 96.5 Å². The molecule has 0 fully saturated rings. The molecule has 3 N–H and O–H groups in total. The first-order chi connectivity index (χ1) is 15.6. The molecule has 3 rings (SSSR count). The first kappa shape index (κ1) is 24.2. The molecule has 0 radical (unpaired) electrons. The summed E-state index contributed by atoms with van der Waals surface area (Å²) in [6.07, 6.45) is 0. The van der Waals surface area contributed by atoms with E-state index in [1.165, 1.54) is 12.1 Å². The van der Waals surface area contributed by atoms with Gasteiger partial charge in [-0.3, -0.25) is 14.8 Å². The van der Waals surface area contributed by atoms with Gasteiger partial charge < -0.3 is 10.1 Å². The Labute approximate surface area is 199 Å². The zero-order chi connectivity index (χ0) is 24.0. The van der Waals surface area contributed by atoms with Gasteiger partial charge in [0, 0.05) is 5.69 Å². The second kappa shape index (κ2) is 10.5. The van der Waals surface area contributed by atoms with Crippen LogP contribution in [0.15, 0.2) is 71.6 Å². The van der Waals surface area contributed by atoms with E-state index in [-0.39, 0.29) is 16.6 Å². The predicted molar refractivity (Wildman–Crippen MR) is 134 cm³/mol. The number of carbonyl (C=O) groups excluding carboxylic acids is 1. The Morgan fingerprint density at radius 3 is 2.18 bits per heavy atom. The lowest BCUT2D eigenvalue weighted by Gasteiger charge is -2.13. The number of carbonyl (C=O) groups is 1. The predicted octanol–water partition coefficient (Wildman–Crippen LogP) is 4.30. The van der Waals surface area contributed by atoms with Crippen LogP contribution in [0.25, 0.3) is 0 Å². The maximum absolute atomic E-state index is 12.7. The first-order valence-corrected chi connectivity index (χ1v) is 12.0. The minimum absolute atomic E-state index is 0.0801. The monoisotopic (exact) mass is 483 g/mol. The van der Waals surface area contributed by atoms with Gasteiger partial charge in [0.1, 0.15) is 5.75 Å². The SMILES string of the molecule is Cc1ccc(OCC(=O)NC(=S)Nc2ccc(S(=O)(=O)Nc3ccc(C)cc3C)cc2)cc1. The molecule has 7 nitrogen and oxygen atoms in total. The highest BCUT2D eigenvalue weighted by Gasteiger charge is 2.15. The van der Waals surface area contributed by atoms with Crippen LogP contribution in [-0.4, -0.2) is 26.0 Å². The van der Waals surface area contributed by atoms with Crippen LogP contribution in [-0.2, 0) is 14.8 Å². The molecule has 0 unspecified atom stereocenters. The first-order valence-electron chi connectivity index (χ1n) is 10.1. The van der Waals surface area contributed by atoms with Crippen molar-refractivity contribution in [2.75, 3.05) is 16.6 Å². The third-order valence-electron chi connectivity index (χ3n) is 4.69. The Hall–Kier alpha value is -3.43. The number of hydrogen-bond donors (Lipinski definition) is 3. The Bertz CT molecular complexity index is 1260. The summed E-state index contributed by atoms with van der Waals surface area (Å²) in [5.41, 5.74) is 4.04. The summed E-state index contributed by atoms with van der Waals surface area (Å²) in [5.74, 6) is 0.172.